The zero-order valence-corrected chi connectivity index (χ0v) is 11.0. The molecule has 6 nitrogen and oxygen atoms in total. The lowest BCUT2D eigenvalue weighted by Gasteiger charge is -2.08. The molecular weight excluding hydrogens is 258 g/mol. The highest BCUT2D eigenvalue weighted by Crippen LogP contribution is 2.16. The predicted molar refractivity (Wildman–Crippen MR) is 65.8 cm³/mol. The van der Waals surface area contributed by atoms with Crippen LogP contribution in [0.25, 0.3) is 0 Å². The van der Waals surface area contributed by atoms with Gasteiger partial charge in [-0.25, -0.2) is 18.2 Å². The minimum Gasteiger partial charge on any atom is -0.490 e. The second-order valence-corrected chi connectivity index (χ2v) is 6.16. The molecule has 0 radical (unpaired) electrons. The van der Waals surface area contributed by atoms with Crippen molar-refractivity contribution >= 4 is 15.8 Å². The highest BCUT2D eigenvalue weighted by atomic mass is 32.2. The first-order valence-corrected chi connectivity index (χ1v) is 7.22. The molecule has 0 aromatic carbocycles. The number of aromatic nitrogens is 1. The number of hydrogen-bond acceptors (Lipinski definition) is 5. The second-order valence-electron chi connectivity index (χ2n) is 3.69. The standard InChI is InChI=1S/C11H15NO5S/c1-3-18(15,16)7-6-17-9-5-4-8(2)12-10(9)11(13)14/h4-5H,3,6-7H2,1-2H3,(H,13,14). The average Bonchev–Trinajstić information content (AvgIpc) is 2.30. The molecule has 0 fully saturated rings. The van der Waals surface area contributed by atoms with Crippen LogP contribution >= 0.6 is 0 Å². The van der Waals surface area contributed by atoms with Gasteiger partial charge in [0.05, 0.1) is 5.75 Å². The summed E-state index contributed by atoms with van der Waals surface area (Å²) in [4.78, 5) is 14.8. The Morgan fingerprint density at radius 1 is 1.44 bits per heavy atom. The van der Waals surface area contributed by atoms with Crippen LogP contribution in [0.15, 0.2) is 12.1 Å². The highest BCUT2D eigenvalue weighted by Gasteiger charge is 2.14. The smallest absolute Gasteiger partial charge is 0.358 e. The molecular formula is C11H15NO5S. The van der Waals surface area contributed by atoms with E-state index in [4.69, 9.17) is 9.84 Å². The van der Waals surface area contributed by atoms with Crippen molar-refractivity contribution in [1.82, 2.24) is 4.98 Å². The number of carboxylic acid groups (broad SMARTS) is 1. The Morgan fingerprint density at radius 2 is 2.11 bits per heavy atom. The van der Waals surface area contributed by atoms with E-state index in [-0.39, 0.29) is 29.6 Å². The molecule has 1 heterocycles. The first kappa shape index (κ1) is 14.4. The predicted octanol–water partition coefficient (Wildman–Crippen LogP) is 0.902. The Labute approximate surface area is 106 Å². The zero-order valence-electron chi connectivity index (χ0n) is 10.2. The van der Waals surface area contributed by atoms with Crippen LogP contribution in [0.4, 0.5) is 0 Å². The number of carboxylic acids is 1. The number of hydrogen-bond donors (Lipinski definition) is 1. The lowest BCUT2D eigenvalue weighted by Crippen LogP contribution is -2.17. The Kier molecular flexibility index (Phi) is 4.66. The molecule has 0 amide bonds. The first-order chi connectivity index (χ1) is 8.35. The van der Waals surface area contributed by atoms with Crippen LogP contribution in [0, 0.1) is 6.92 Å². The third kappa shape index (κ3) is 3.99. The lowest BCUT2D eigenvalue weighted by molar-refractivity contribution is 0.0685. The van der Waals surface area contributed by atoms with Gasteiger partial charge in [0.1, 0.15) is 6.61 Å². The zero-order chi connectivity index (χ0) is 13.8. The molecule has 0 saturated heterocycles. The van der Waals surface area contributed by atoms with Gasteiger partial charge in [-0.15, -0.1) is 0 Å². The van der Waals surface area contributed by atoms with Crippen molar-refractivity contribution in [1.29, 1.82) is 0 Å². The van der Waals surface area contributed by atoms with Crippen molar-refractivity contribution < 1.29 is 23.1 Å². The Bertz CT molecular complexity index is 538. The van der Waals surface area contributed by atoms with Crippen molar-refractivity contribution in [3.05, 3.63) is 23.5 Å². The van der Waals surface area contributed by atoms with Gasteiger partial charge in [-0.05, 0) is 19.1 Å². The van der Waals surface area contributed by atoms with Crippen LogP contribution in [-0.4, -0.2) is 42.6 Å². The summed E-state index contributed by atoms with van der Waals surface area (Å²) >= 11 is 0. The molecule has 7 heteroatoms. The second kappa shape index (κ2) is 5.81. The fraction of sp³-hybridized carbons (Fsp3) is 0.455. The summed E-state index contributed by atoms with van der Waals surface area (Å²) in [5.74, 6) is -1.23. The number of ether oxygens (including phenoxy) is 1. The molecule has 1 aromatic rings. The topological polar surface area (TPSA) is 93.6 Å². The minimum absolute atomic E-state index is 0.0360. The van der Waals surface area contributed by atoms with E-state index in [9.17, 15) is 13.2 Å². The molecule has 18 heavy (non-hydrogen) atoms. The van der Waals surface area contributed by atoms with E-state index in [0.717, 1.165) is 0 Å². The first-order valence-electron chi connectivity index (χ1n) is 5.40. The van der Waals surface area contributed by atoms with Crippen molar-refractivity contribution in [3.63, 3.8) is 0 Å². The quantitative estimate of drug-likeness (QED) is 0.827. The maximum atomic E-state index is 11.3. The van der Waals surface area contributed by atoms with E-state index in [1.807, 2.05) is 0 Å². The molecule has 1 N–H and O–H groups in total. The molecule has 1 rings (SSSR count). The Balaban J connectivity index is 2.77. The monoisotopic (exact) mass is 273 g/mol. The summed E-state index contributed by atoms with van der Waals surface area (Å²) < 4.78 is 27.7. The summed E-state index contributed by atoms with van der Waals surface area (Å²) in [7, 11) is -3.12. The van der Waals surface area contributed by atoms with Gasteiger partial charge in [0.2, 0.25) is 0 Å². The van der Waals surface area contributed by atoms with Crippen LogP contribution in [-0.2, 0) is 9.84 Å². The van der Waals surface area contributed by atoms with Crippen molar-refractivity contribution in [2.75, 3.05) is 18.1 Å². The summed E-state index contributed by atoms with van der Waals surface area (Å²) in [6.07, 6.45) is 0. The Hall–Kier alpha value is -1.63. The fourth-order valence-corrected chi connectivity index (χ4v) is 1.86. The normalized spacial score (nSPS) is 11.2. The highest BCUT2D eigenvalue weighted by molar-refractivity contribution is 7.91. The number of carbonyl (C=O) groups is 1. The number of aromatic carboxylic acids is 1. The number of aryl methyl sites for hydroxylation is 1. The summed E-state index contributed by atoms with van der Waals surface area (Å²) in [6, 6.07) is 3.08. The molecule has 0 atom stereocenters. The van der Waals surface area contributed by atoms with Crippen molar-refractivity contribution in [2.45, 2.75) is 13.8 Å². The van der Waals surface area contributed by atoms with Gasteiger partial charge in [-0.1, -0.05) is 6.92 Å². The minimum atomic E-state index is -3.12. The fourth-order valence-electron chi connectivity index (χ4n) is 1.24. The van der Waals surface area contributed by atoms with Crippen molar-refractivity contribution in [3.8, 4) is 5.75 Å². The molecule has 0 spiro atoms. The van der Waals surface area contributed by atoms with E-state index in [1.165, 1.54) is 6.07 Å². The summed E-state index contributed by atoms with van der Waals surface area (Å²) in [6.45, 7) is 3.13. The third-order valence-corrected chi connectivity index (χ3v) is 3.96. The largest absolute Gasteiger partial charge is 0.490 e. The van der Waals surface area contributed by atoms with Crippen LogP contribution in [0.5, 0.6) is 5.75 Å². The molecule has 1 aromatic heterocycles. The van der Waals surface area contributed by atoms with Crippen LogP contribution in [0.1, 0.15) is 23.1 Å². The Morgan fingerprint density at radius 3 is 2.67 bits per heavy atom. The average molecular weight is 273 g/mol. The van der Waals surface area contributed by atoms with Gasteiger partial charge in [0.25, 0.3) is 0 Å². The van der Waals surface area contributed by atoms with Gasteiger partial charge < -0.3 is 9.84 Å². The molecule has 0 bridgehead atoms. The van der Waals surface area contributed by atoms with Crippen LogP contribution in [0.3, 0.4) is 0 Å². The molecule has 0 saturated carbocycles. The number of sulfone groups is 1. The van der Waals surface area contributed by atoms with E-state index >= 15 is 0 Å². The molecule has 0 aliphatic heterocycles. The van der Waals surface area contributed by atoms with E-state index in [0.29, 0.717) is 5.69 Å². The molecule has 0 aliphatic rings. The summed E-state index contributed by atoms with van der Waals surface area (Å²) in [5, 5.41) is 8.93. The van der Waals surface area contributed by atoms with E-state index in [2.05, 4.69) is 4.98 Å². The van der Waals surface area contributed by atoms with Gasteiger partial charge in [0.15, 0.2) is 21.3 Å². The van der Waals surface area contributed by atoms with E-state index < -0.39 is 15.8 Å². The van der Waals surface area contributed by atoms with Gasteiger partial charge in [-0.3, -0.25) is 0 Å². The molecule has 0 unspecified atom stereocenters. The van der Waals surface area contributed by atoms with Crippen molar-refractivity contribution in [2.24, 2.45) is 0 Å². The van der Waals surface area contributed by atoms with Gasteiger partial charge >= 0.3 is 5.97 Å². The maximum absolute atomic E-state index is 11.3. The molecule has 0 aliphatic carbocycles. The van der Waals surface area contributed by atoms with Crippen LogP contribution < -0.4 is 4.74 Å². The number of pyridine rings is 1. The lowest BCUT2D eigenvalue weighted by atomic mass is 10.3. The third-order valence-electron chi connectivity index (χ3n) is 2.29. The summed E-state index contributed by atoms with van der Waals surface area (Å²) in [5.41, 5.74) is 0.352. The SMILES string of the molecule is CCS(=O)(=O)CCOc1ccc(C)nc1C(=O)O. The number of nitrogens with zero attached hydrogens (tertiary/aromatic N) is 1. The van der Waals surface area contributed by atoms with Gasteiger partial charge in [0, 0.05) is 11.4 Å². The maximum Gasteiger partial charge on any atom is 0.358 e. The van der Waals surface area contributed by atoms with E-state index in [1.54, 1.807) is 19.9 Å². The molecule has 100 valence electrons. The van der Waals surface area contributed by atoms with Crippen LogP contribution in [0.2, 0.25) is 0 Å². The number of rotatable bonds is 6. The van der Waals surface area contributed by atoms with Gasteiger partial charge in [-0.2, -0.15) is 0 Å².